The molecule has 0 spiro atoms. The summed E-state index contributed by atoms with van der Waals surface area (Å²) in [5.74, 6) is 1.59. The van der Waals surface area contributed by atoms with E-state index < -0.39 is 0 Å². The van der Waals surface area contributed by atoms with Crippen LogP contribution in [0.1, 0.15) is 18.9 Å². The molecule has 3 rings (SSSR count). The van der Waals surface area contributed by atoms with E-state index >= 15 is 0 Å². The molecule has 1 aliphatic heterocycles. The van der Waals surface area contributed by atoms with Crippen LogP contribution in [0, 0.1) is 0 Å². The van der Waals surface area contributed by atoms with Crippen molar-refractivity contribution in [3.05, 3.63) is 35.2 Å². The Morgan fingerprint density at radius 1 is 1.19 bits per heavy atom. The van der Waals surface area contributed by atoms with Gasteiger partial charge < -0.3 is 9.47 Å². The quantitative estimate of drug-likeness (QED) is 0.799. The molecular weight excluding hydrogens is 308 g/mol. The van der Waals surface area contributed by atoms with Crippen LogP contribution in [0.15, 0.2) is 34.4 Å². The van der Waals surface area contributed by atoms with Crippen molar-refractivity contribution < 1.29 is 9.47 Å². The molecule has 0 fully saturated rings. The fourth-order valence-corrected chi connectivity index (χ4v) is 3.39. The Morgan fingerprint density at radius 3 is 2.81 bits per heavy atom. The smallest absolute Gasteiger partial charge is 0.162 e. The maximum atomic E-state index is 6.12. The van der Waals surface area contributed by atoms with E-state index in [-0.39, 0.29) is 0 Å². The van der Waals surface area contributed by atoms with Crippen LogP contribution in [0.25, 0.3) is 0 Å². The minimum absolute atomic E-state index is 0.518. The summed E-state index contributed by atoms with van der Waals surface area (Å²) in [7, 11) is 0. The zero-order valence-electron chi connectivity index (χ0n) is 11.6. The van der Waals surface area contributed by atoms with E-state index in [9.17, 15) is 0 Å². The molecule has 1 aromatic carbocycles. The molecule has 0 saturated heterocycles. The van der Waals surface area contributed by atoms with Gasteiger partial charge in [0, 0.05) is 16.9 Å². The second kappa shape index (κ2) is 6.54. The van der Waals surface area contributed by atoms with Gasteiger partial charge in [-0.3, -0.25) is 0 Å². The highest BCUT2D eigenvalue weighted by Gasteiger charge is 2.14. The van der Waals surface area contributed by atoms with Crippen molar-refractivity contribution in [2.75, 3.05) is 13.2 Å². The average molecular weight is 323 g/mol. The molecular formula is C15H15ClN2O2S. The molecule has 0 aliphatic carbocycles. The van der Waals surface area contributed by atoms with Gasteiger partial charge in [-0.25, -0.2) is 9.97 Å². The van der Waals surface area contributed by atoms with Crippen LogP contribution in [0.5, 0.6) is 11.5 Å². The van der Waals surface area contributed by atoms with E-state index in [0.717, 1.165) is 39.8 Å². The number of benzene rings is 1. The summed E-state index contributed by atoms with van der Waals surface area (Å²) in [6.45, 7) is 3.42. The van der Waals surface area contributed by atoms with E-state index in [4.69, 9.17) is 21.1 Å². The number of halogens is 1. The zero-order valence-corrected chi connectivity index (χ0v) is 13.2. The standard InChI is InChI=1S/C15H15ClN2O2S/c1-2-11-14(16)17-9-18-15(11)21-10-4-5-12-13(8-10)20-7-3-6-19-12/h4-5,8-9H,2-3,6-7H2,1H3. The molecule has 0 radical (unpaired) electrons. The first-order valence-electron chi connectivity index (χ1n) is 6.85. The summed E-state index contributed by atoms with van der Waals surface area (Å²) < 4.78 is 11.3. The van der Waals surface area contributed by atoms with E-state index in [1.54, 1.807) is 11.8 Å². The summed E-state index contributed by atoms with van der Waals surface area (Å²) in [6.07, 6.45) is 3.19. The fourth-order valence-electron chi connectivity index (χ4n) is 2.08. The van der Waals surface area contributed by atoms with Crippen molar-refractivity contribution in [3.8, 4) is 11.5 Å². The molecule has 110 valence electrons. The molecule has 1 aromatic heterocycles. The van der Waals surface area contributed by atoms with Gasteiger partial charge in [-0.05, 0) is 24.6 Å². The largest absolute Gasteiger partial charge is 0.490 e. The molecule has 6 heteroatoms. The third-order valence-corrected chi connectivity index (χ3v) is 4.50. The van der Waals surface area contributed by atoms with Crippen molar-refractivity contribution in [2.24, 2.45) is 0 Å². The molecule has 21 heavy (non-hydrogen) atoms. The van der Waals surface area contributed by atoms with Crippen molar-refractivity contribution in [1.29, 1.82) is 0 Å². The van der Waals surface area contributed by atoms with E-state index in [0.29, 0.717) is 18.4 Å². The third-order valence-electron chi connectivity index (χ3n) is 3.14. The molecule has 2 aromatic rings. The van der Waals surface area contributed by atoms with E-state index in [1.807, 2.05) is 25.1 Å². The van der Waals surface area contributed by atoms with Gasteiger partial charge in [-0.2, -0.15) is 0 Å². The molecule has 2 heterocycles. The van der Waals surface area contributed by atoms with Crippen LogP contribution >= 0.6 is 23.4 Å². The Kier molecular flexibility index (Phi) is 4.51. The van der Waals surface area contributed by atoms with Crippen molar-refractivity contribution in [3.63, 3.8) is 0 Å². The Hall–Kier alpha value is -1.46. The first-order chi connectivity index (χ1) is 10.3. The number of hydrogen-bond acceptors (Lipinski definition) is 5. The Bertz CT molecular complexity index is 652. The van der Waals surface area contributed by atoms with Crippen molar-refractivity contribution in [1.82, 2.24) is 9.97 Å². The van der Waals surface area contributed by atoms with Crippen LogP contribution in [0.3, 0.4) is 0 Å². The molecule has 1 aliphatic rings. The summed E-state index contributed by atoms with van der Waals surface area (Å²) in [5, 5.41) is 1.40. The summed E-state index contributed by atoms with van der Waals surface area (Å²) in [6, 6.07) is 5.94. The lowest BCUT2D eigenvalue weighted by Crippen LogP contribution is -1.97. The van der Waals surface area contributed by atoms with E-state index in [1.165, 1.54) is 6.33 Å². The molecule has 0 saturated carbocycles. The van der Waals surface area contributed by atoms with Gasteiger partial charge in [0.2, 0.25) is 0 Å². The monoisotopic (exact) mass is 322 g/mol. The number of rotatable bonds is 3. The van der Waals surface area contributed by atoms with Gasteiger partial charge in [0.25, 0.3) is 0 Å². The first kappa shape index (κ1) is 14.5. The van der Waals surface area contributed by atoms with Crippen LogP contribution in [-0.4, -0.2) is 23.2 Å². The van der Waals surface area contributed by atoms with Crippen LogP contribution < -0.4 is 9.47 Å². The Balaban J connectivity index is 1.89. The molecule has 4 nitrogen and oxygen atoms in total. The highest BCUT2D eigenvalue weighted by Crippen LogP contribution is 2.37. The summed E-state index contributed by atoms with van der Waals surface area (Å²) >= 11 is 7.69. The molecule has 0 N–H and O–H groups in total. The highest BCUT2D eigenvalue weighted by molar-refractivity contribution is 7.99. The van der Waals surface area contributed by atoms with Gasteiger partial charge in [0.1, 0.15) is 16.5 Å². The average Bonchev–Trinajstić information content (AvgIpc) is 2.72. The molecule has 0 amide bonds. The maximum Gasteiger partial charge on any atom is 0.162 e. The second-order valence-electron chi connectivity index (χ2n) is 4.56. The van der Waals surface area contributed by atoms with Gasteiger partial charge in [-0.1, -0.05) is 30.3 Å². The van der Waals surface area contributed by atoms with Crippen LogP contribution in [0.4, 0.5) is 0 Å². The Morgan fingerprint density at radius 2 is 2.00 bits per heavy atom. The number of aromatic nitrogens is 2. The van der Waals surface area contributed by atoms with Crippen LogP contribution in [0.2, 0.25) is 5.15 Å². The third kappa shape index (κ3) is 3.24. The minimum Gasteiger partial charge on any atom is -0.490 e. The zero-order chi connectivity index (χ0) is 14.7. The lowest BCUT2D eigenvalue weighted by atomic mass is 10.3. The molecule has 0 unspecified atom stereocenters. The number of fused-ring (bicyclic) bond motifs is 1. The predicted octanol–water partition coefficient (Wildman–Crippen LogP) is 4.00. The number of hydrogen-bond donors (Lipinski definition) is 0. The number of ether oxygens (including phenoxy) is 2. The normalized spacial score (nSPS) is 13.8. The summed E-state index contributed by atoms with van der Waals surface area (Å²) in [5.41, 5.74) is 0.969. The fraction of sp³-hybridized carbons (Fsp3) is 0.333. The highest BCUT2D eigenvalue weighted by atomic mass is 35.5. The first-order valence-corrected chi connectivity index (χ1v) is 8.04. The van der Waals surface area contributed by atoms with Crippen molar-refractivity contribution >= 4 is 23.4 Å². The van der Waals surface area contributed by atoms with Gasteiger partial charge in [-0.15, -0.1) is 0 Å². The number of nitrogens with zero attached hydrogens (tertiary/aromatic N) is 2. The maximum absolute atomic E-state index is 6.12. The van der Waals surface area contributed by atoms with Crippen molar-refractivity contribution in [2.45, 2.75) is 29.7 Å². The van der Waals surface area contributed by atoms with Gasteiger partial charge >= 0.3 is 0 Å². The predicted molar refractivity (Wildman–Crippen MR) is 82.6 cm³/mol. The molecule has 0 atom stereocenters. The molecule has 0 bridgehead atoms. The second-order valence-corrected chi connectivity index (χ2v) is 5.98. The van der Waals surface area contributed by atoms with E-state index in [2.05, 4.69) is 9.97 Å². The van der Waals surface area contributed by atoms with Gasteiger partial charge in [0.05, 0.1) is 13.2 Å². The Labute approximate surface area is 132 Å². The lowest BCUT2D eigenvalue weighted by molar-refractivity contribution is 0.297. The summed E-state index contributed by atoms with van der Waals surface area (Å²) in [4.78, 5) is 9.41. The minimum atomic E-state index is 0.518. The topological polar surface area (TPSA) is 44.2 Å². The van der Waals surface area contributed by atoms with Crippen LogP contribution in [-0.2, 0) is 6.42 Å². The SMILES string of the molecule is CCc1c(Cl)ncnc1Sc1ccc2c(c1)OCCCO2. The lowest BCUT2D eigenvalue weighted by Gasteiger charge is -2.10. The van der Waals surface area contributed by atoms with Gasteiger partial charge in [0.15, 0.2) is 11.5 Å².